The van der Waals surface area contributed by atoms with Gasteiger partial charge in [-0.15, -0.1) is 0 Å². The molecule has 1 amide bonds. The molecule has 2 saturated heterocycles. The highest BCUT2D eigenvalue weighted by molar-refractivity contribution is 5.92. The molecule has 0 spiro atoms. The molecule has 8 nitrogen and oxygen atoms in total. The fraction of sp³-hybridized carbons (Fsp3) is 0.556. The first-order chi connectivity index (χ1) is 17.9. The highest BCUT2D eigenvalue weighted by atomic mass is 19.3. The summed E-state index contributed by atoms with van der Waals surface area (Å²) in [6.07, 6.45) is 9.87. The minimum Gasteiger partial charge on any atom is -0.346 e. The zero-order chi connectivity index (χ0) is 25.6. The van der Waals surface area contributed by atoms with Gasteiger partial charge < -0.3 is 9.88 Å². The van der Waals surface area contributed by atoms with E-state index in [9.17, 15) is 18.8 Å². The van der Waals surface area contributed by atoms with Crippen molar-refractivity contribution in [2.45, 2.75) is 62.4 Å². The number of pyridine rings is 1. The van der Waals surface area contributed by atoms with Crippen LogP contribution in [0, 0.1) is 17.2 Å². The number of alkyl halides is 2. The molecule has 3 aromatic heterocycles. The van der Waals surface area contributed by atoms with Crippen LogP contribution < -0.4 is 0 Å². The fourth-order valence-electron chi connectivity index (χ4n) is 6.38. The average molecular weight is 508 g/mol. The molecule has 37 heavy (non-hydrogen) atoms. The summed E-state index contributed by atoms with van der Waals surface area (Å²) in [6.45, 7) is 2.82. The lowest BCUT2D eigenvalue weighted by Gasteiger charge is -2.53. The third kappa shape index (κ3) is 4.39. The van der Waals surface area contributed by atoms with Crippen LogP contribution in [0.3, 0.4) is 0 Å². The summed E-state index contributed by atoms with van der Waals surface area (Å²) < 4.78 is 28.9. The largest absolute Gasteiger partial charge is 0.346 e. The van der Waals surface area contributed by atoms with Crippen LogP contribution in [0.25, 0.3) is 22.2 Å². The van der Waals surface area contributed by atoms with Gasteiger partial charge in [-0.25, -0.2) is 13.8 Å². The Hall–Kier alpha value is -3.32. The number of nitrogens with one attached hydrogen (secondary N) is 1. The average Bonchev–Trinajstić information content (AvgIpc) is 3.56. The van der Waals surface area contributed by atoms with Crippen molar-refractivity contribution in [3.63, 3.8) is 0 Å². The van der Waals surface area contributed by atoms with Gasteiger partial charge in [-0.05, 0) is 43.4 Å². The minimum atomic E-state index is -2.61. The molecular weight excluding hydrogens is 476 g/mol. The molecule has 0 radical (unpaired) electrons. The fourth-order valence-corrected chi connectivity index (χ4v) is 6.38. The van der Waals surface area contributed by atoms with Crippen LogP contribution in [-0.4, -0.2) is 73.6 Å². The van der Waals surface area contributed by atoms with Gasteiger partial charge in [0, 0.05) is 80.5 Å². The Balaban J connectivity index is 1.08. The van der Waals surface area contributed by atoms with Crippen LogP contribution in [0.2, 0.25) is 0 Å². The second kappa shape index (κ2) is 9.21. The van der Waals surface area contributed by atoms with E-state index in [-0.39, 0.29) is 43.0 Å². The number of aromatic nitrogens is 4. The van der Waals surface area contributed by atoms with Crippen LogP contribution in [0.4, 0.5) is 8.78 Å². The number of carbonyl (C=O) groups is 1. The van der Waals surface area contributed by atoms with E-state index in [0.29, 0.717) is 25.6 Å². The summed E-state index contributed by atoms with van der Waals surface area (Å²) in [5.41, 5.74) is 2.52. The lowest BCUT2D eigenvalue weighted by molar-refractivity contribution is -0.142. The van der Waals surface area contributed by atoms with Gasteiger partial charge in [0.15, 0.2) is 0 Å². The first-order valence-electron chi connectivity index (χ1n) is 13.1. The second-order valence-electron chi connectivity index (χ2n) is 10.9. The quantitative estimate of drug-likeness (QED) is 0.560. The maximum absolute atomic E-state index is 13.5. The molecule has 0 bridgehead atoms. The summed E-state index contributed by atoms with van der Waals surface area (Å²) >= 11 is 0. The number of likely N-dealkylation sites (tertiary alicyclic amines) is 2. The Kier molecular flexibility index (Phi) is 5.98. The summed E-state index contributed by atoms with van der Waals surface area (Å²) in [6, 6.07) is 6.70. The molecule has 3 aromatic rings. The molecule has 5 heterocycles. The number of hydrogen-bond acceptors (Lipinski definition) is 5. The Bertz CT molecular complexity index is 1320. The van der Waals surface area contributed by atoms with Crippen LogP contribution in [-0.2, 0) is 10.3 Å². The van der Waals surface area contributed by atoms with E-state index in [0.717, 1.165) is 48.1 Å². The number of nitrogens with zero attached hydrogens (tertiary/aromatic N) is 6. The van der Waals surface area contributed by atoms with Gasteiger partial charge in [0.05, 0.1) is 18.7 Å². The number of amides is 1. The molecule has 1 saturated carbocycles. The molecule has 3 fully saturated rings. The summed E-state index contributed by atoms with van der Waals surface area (Å²) in [5, 5.41) is 15.3. The van der Waals surface area contributed by atoms with Gasteiger partial charge in [-0.3, -0.25) is 14.4 Å². The van der Waals surface area contributed by atoms with Gasteiger partial charge in [0.2, 0.25) is 11.8 Å². The van der Waals surface area contributed by atoms with Crippen molar-refractivity contribution in [1.82, 2.24) is 29.5 Å². The van der Waals surface area contributed by atoms with E-state index in [2.05, 4.69) is 26.0 Å². The lowest BCUT2D eigenvalue weighted by Crippen LogP contribution is -2.66. The predicted molar refractivity (Wildman–Crippen MR) is 134 cm³/mol. The van der Waals surface area contributed by atoms with E-state index in [4.69, 9.17) is 0 Å². The standard InChI is InChI=1S/C27H31F2N7O/c28-27(29)7-1-19(2-8-27)25(37)34-13-5-21(6-14-34)35-17-26(18-35,9-10-30)36-16-20(15-33-36)22-3-11-31-24-23(22)4-12-32-24/h3-4,11-12,15-16,19,21H,1-2,5-9,13-14,17-18H2,(H,31,32). The van der Waals surface area contributed by atoms with Crippen molar-refractivity contribution in [2.75, 3.05) is 26.2 Å². The van der Waals surface area contributed by atoms with Crippen molar-refractivity contribution in [3.05, 3.63) is 36.9 Å². The molecule has 1 N–H and O–H groups in total. The van der Waals surface area contributed by atoms with Crippen LogP contribution in [0.5, 0.6) is 0 Å². The van der Waals surface area contributed by atoms with Crippen molar-refractivity contribution in [2.24, 2.45) is 5.92 Å². The van der Waals surface area contributed by atoms with E-state index >= 15 is 0 Å². The Morgan fingerprint density at radius 3 is 2.65 bits per heavy atom. The highest BCUT2D eigenvalue weighted by Gasteiger charge is 2.48. The summed E-state index contributed by atoms with van der Waals surface area (Å²) in [4.78, 5) is 24.7. The number of halogens is 2. The molecule has 0 atom stereocenters. The SMILES string of the molecule is N#CCC1(n2cc(-c3ccnc4[nH]ccc34)cn2)CN(C2CCN(C(=O)C3CCC(F)(F)CC3)CC2)C1. The summed E-state index contributed by atoms with van der Waals surface area (Å²) in [5.74, 6) is -2.82. The first-order valence-corrected chi connectivity index (χ1v) is 13.1. The van der Waals surface area contributed by atoms with E-state index in [1.54, 1.807) is 6.20 Å². The molecule has 194 valence electrons. The van der Waals surface area contributed by atoms with Gasteiger partial charge in [0.25, 0.3) is 0 Å². The Morgan fingerprint density at radius 2 is 1.92 bits per heavy atom. The van der Waals surface area contributed by atoms with Gasteiger partial charge in [0.1, 0.15) is 11.2 Å². The monoisotopic (exact) mass is 507 g/mol. The zero-order valence-corrected chi connectivity index (χ0v) is 20.7. The van der Waals surface area contributed by atoms with Crippen LogP contribution in [0.15, 0.2) is 36.9 Å². The van der Waals surface area contributed by atoms with Gasteiger partial charge in [-0.2, -0.15) is 10.4 Å². The van der Waals surface area contributed by atoms with Crippen LogP contribution >= 0.6 is 0 Å². The number of nitriles is 1. The predicted octanol–water partition coefficient (Wildman–Crippen LogP) is 4.17. The van der Waals surface area contributed by atoms with Crippen molar-refractivity contribution < 1.29 is 13.6 Å². The second-order valence-corrected chi connectivity index (χ2v) is 10.9. The molecule has 2 aliphatic heterocycles. The van der Waals surface area contributed by atoms with Crippen molar-refractivity contribution >= 4 is 16.9 Å². The zero-order valence-electron chi connectivity index (χ0n) is 20.7. The van der Waals surface area contributed by atoms with Crippen LogP contribution in [0.1, 0.15) is 44.9 Å². The molecule has 1 aliphatic carbocycles. The number of H-pyrrole nitrogens is 1. The molecule has 0 unspecified atom stereocenters. The maximum Gasteiger partial charge on any atom is 0.248 e. The van der Waals surface area contributed by atoms with E-state index in [1.807, 2.05) is 40.3 Å². The topological polar surface area (TPSA) is 93.8 Å². The number of carbonyl (C=O) groups excluding carboxylic acids is 1. The first kappa shape index (κ1) is 24.0. The number of piperidine rings is 1. The Labute approximate surface area is 214 Å². The van der Waals surface area contributed by atoms with E-state index in [1.165, 1.54) is 0 Å². The molecule has 10 heteroatoms. The van der Waals surface area contributed by atoms with Crippen molar-refractivity contribution in [3.8, 4) is 17.2 Å². The molecule has 6 rings (SSSR count). The lowest BCUT2D eigenvalue weighted by atomic mass is 9.83. The Morgan fingerprint density at radius 1 is 1.16 bits per heavy atom. The summed E-state index contributed by atoms with van der Waals surface area (Å²) in [7, 11) is 0. The van der Waals surface area contributed by atoms with Crippen molar-refractivity contribution in [1.29, 1.82) is 5.26 Å². The maximum atomic E-state index is 13.5. The third-order valence-corrected chi connectivity index (χ3v) is 8.60. The number of rotatable bonds is 5. The third-order valence-electron chi connectivity index (χ3n) is 8.60. The number of aromatic amines is 1. The number of hydrogen-bond donors (Lipinski definition) is 1. The number of fused-ring (bicyclic) bond motifs is 1. The highest BCUT2D eigenvalue weighted by Crippen LogP contribution is 2.39. The smallest absolute Gasteiger partial charge is 0.248 e. The van der Waals surface area contributed by atoms with Gasteiger partial charge >= 0.3 is 0 Å². The molecule has 0 aromatic carbocycles. The minimum absolute atomic E-state index is 0.0492. The van der Waals surface area contributed by atoms with Gasteiger partial charge in [-0.1, -0.05) is 0 Å². The van der Waals surface area contributed by atoms with E-state index < -0.39 is 5.92 Å². The normalized spacial score (nSPS) is 22.6. The molecule has 3 aliphatic rings. The molecular formula is C27H31F2N7O.